The van der Waals surface area contributed by atoms with Crippen LogP contribution in [-0.2, 0) is 20.7 Å². The molecule has 20 heavy (non-hydrogen) atoms. The Balaban J connectivity index is 2.71. The monoisotopic (exact) mass is 279 g/mol. The number of hydrogen-bond acceptors (Lipinski definition) is 4. The van der Waals surface area contributed by atoms with Crippen LogP contribution < -0.4 is 0 Å². The lowest BCUT2D eigenvalue weighted by Gasteiger charge is -2.25. The Morgan fingerprint density at radius 2 is 2.05 bits per heavy atom. The van der Waals surface area contributed by atoms with Gasteiger partial charge in [-0.15, -0.1) is 0 Å². The second-order valence-corrected chi connectivity index (χ2v) is 4.77. The zero-order valence-corrected chi connectivity index (χ0v) is 12.1. The van der Waals surface area contributed by atoms with Gasteiger partial charge in [0.15, 0.2) is 0 Å². The minimum Gasteiger partial charge on any atom is -0.508 e. The summed E-state index contributed by atoms with van der Waals surface area (Å²) < 4.78 is 4.87. The van der Waals surface area contributed by atoms with E-state index in [0.717, 1.165) is 0 Å². The van der Waals surface area contributed by atoms with Crippen molar-refractivity contribution in [1.29, 1.82) is 0 Å². The van der Waals surface area contributed by atoms with E-state index in [1.165, 1.54) is 4.90 Å². The number of amides is 1. The van der Waals surface area contributed by atoms with Crippen molar-refractivity contribution in [2.45, 2.75) is 33.2 Å². The maximum Gasteiger partial charge on any atom is 0.325 e. The van der Waals surface area contributed by atoms with E-state index < -0.39 is 5.97 Å². The SMILES string of the molecule is CCOC(=O)CN(C(=O)Cc1cccc(O)c1)C(C)C. The van der Waals surface area contributed by atoms with Crippen molar-refractivity contribution in [3.05, 3.63) is 29.8 Å². The molecule has 110 valence electrons. The number of aromatic hydroxyl groups is 1. The lowest BCUT2D eigenvalue weighted by atomic mass is 10.1. The highest BCUT2D eigenvalue weighted by Gasteiger charge is 2.20. The van der Waals surface area contributed by atoms with Gasteiger partial charge in [0.2, 0.25) is 5.91 Å². The molecule has 0 spiro atoms. The summed E-state index contributed by atoms with van der Waals surface area (Å²) in [7, 11) is 0. The van der Waals surface area contributed by atoms with Crippen molar-refractivity contribution in [3.63, 3.8) is 0 Å². The van der Waals surface area contributed by atoms with Gasteiger partial charge in [0, 0.05) is 6.04 Å². The predicted octanol–water partition coefficient (Wildman–Crippen LogP) is 1.73. The first-order valence-electron chi connectivity index (χ1n) is 6.67. The molecule has 0 saturated heterocycles. The number of esters is 1. The molecule has 0 unspecified atom stereocenters. The van der Waals surface area contributed by atoms with Crippen LogP contribution in [0.1, 0.15) is 26.3 Å². The molecular weight excluding hydrogens is 258 g/mol. The summed E-state index contributed by atoms with van der Waals surface area (Å²) in [6, 6.07) is 6.45. The second-order valence-electron chi connectivity index (χ2n) is 4.77. The summed E-state index contributed by atoms with van der Waals surface area (Å²) >= 11 is 0. The Bertz CT molecular complexity index is 471. The number of nitrogens with zero attached hydrogens (tertiary/aromatic N) is 1. The molecule has 0 bridgehead atoms. The van der Waals surface area contributed by atoms with E-state index in [1.807, 2.05) is 13.8 Å². The van der Waals surface area contributed by atoms with E-state index in [9.17, 15) is 14.7 Å². The van der Waals surface area contributed by atoms with Crippen molar-refractivity contribution < 1.29 is 19.4 Å². The van der Waals surface area contributed by atoms with E-state index in [0.29, 0.717) is 12.2 Å². The van der Waals surface area contributed by atoms with Gasteiger partial charge in [0.25, 0.3) is 0 Å². The Morgan fingerprint density at radius 1 is 1.35 bits per heavy atom. The zero-order valence-electron chi connectivity index (χ0n) is 12.1. The fourth-order valence-corrected chi connectivity index (χ4v) is 1.85. The molecule has 0 heterocycles. The number of hydrogen-bond donors (Lipinski definition) is 1. The van der Waals surface area contributed by atoms with Gasteiger partial charge in [-0.1, -0.05) is 12.1 Å². The van der Waals surface area contributed by atoms with Gasteiger partial charge in [0.1, 0.15) is 12.3 Å². The molecule has 0 aliphatic heterocycles. The first kappa shape index (κ1) is 16.0. The maximum atomic E-state index is 12.2. The van der Waals surface area contributed by atoms with Crippen LogP contribution in [0.4, 0.5) is 0 Å². The van der Waals surface area contributed by atoms with Gasteiger partial charge in [-0.05, 0) is 38.5 Å². The summed E-state index contributed by atoms with van der Waals surface area (Å²) in [6.07, 6.45) is 0.145. The first-order valence-corrected chi connectivity index (χ1v) is 6.67. The van der Waals surface area contributed by atoms with Crippen molar-refractivity contribution in [2.24, 2.45) is 0 Å². The molecule has 0 atom stereocenters. The highest BCUT2D eigenvalue weighted by atomic mass is 16.5. The quantitative estimate of drug-likeness (QED) is 0.805. The molecule has 0 fully saturated rings. The van der Waals surface area contributed by atoms with E-state index >= 15 is 0 Å². The summed E-state index contributed by atoms with van der Waals surface area (Å²) in [5.41, 5.74) is 0.713. The van der Waals surface area contributed by atoms with Crippen LogP contribution in [0.15, 0.2) is 24.3 Å². The third kappa shape index (κ3) is 4.91. The third-order valence-electron chi connectivity index (χ3n) is 2.81. The average molecular weight is 279 g/mol. The normalized spacial score (nSPS) is 10.4. The van der Waals surface area contributed by atoms with E-state index in [2.05, 4.69) is 0 Å². The average Bonchev–Trinajstić information content (AvgIpc) is 2.35. The van der Waals surface area contributed by atoms with Crippen molar-refractivity contribution >= 4 is 11.9 Å². The molecular formula is C15H21NO4. The van der Waals surface area contributed by atoms with Crippen molar-refractivity contribution in [3.8, 4) is 5.75 Å². The number of ether oxygens (including phenoxy) is 1. The van der Waals surface area contributed by atoms with Gasteiger partial charge in [-0.2, -0.15) is 0 Å². The van der Waals surface area contributed by atoms with Crippen LogP contribution in [0.5, 0.6) is 5.75 Å². The number of phenols is 1. The van der Waals surface area contributed by atoms with Crippen molar-refractivity contribution in [1.82, 2.24) is 4.90 Å². The van der Waals surface area contributed by atoms with Crippen LogP contribution in [0.3, 0.4) is 0 Å². The van der Waals surface area contributed by atoms with Crippen LogP contribution in [0.25, 0.3) is 0 Å². The first-order chi connectivity index (χ1) is 9.43. The molecule has 0 aliphatic rings. The smallest absolute Gasteiger partial charge is 0.325 e. The third-order valence-corrected chi connectivity index (χ3v) is 2.81. The fourth-order valence-electron chi connectivity index (χ4n) is 1.85. The minimum atomic E-state index is -0.412. The minimum absolute atomic E-state index is 0.0524. The molecule has 1 N–H and O–H groups in total. The predicted molar refractivity (Wildman–Crippen MR) is 75.3 cm³/mol. The number of phenolic OH excluding ortho intramolecular Hbond substituents is 1. The largest absolute Gasteiger partial charge is 0.508 e. The Morgan fingerprint density at radius 3 is 2.60 bits per heavy atom. The van der Waals surface area contributed by atoms with E-state index in [1.54, 1.807) is 31.2 Å². The molecule has 5 nitrogen and oxygen atoms in total. The molecule has 0 aromatic heterocycles. The zero-order chi connectivity index (χ0) is 15.1. The van der Waals surface area contributed by atoms with Gasteiger partial charge >= 0.3 is 5.97 Å². The molecule has 0 saturated carbocycles. The van der Waals surface area contributed by atoms with Crippen LogP contribution in [-0.4, -0.2) is 41.1 Å². The molecule has 0 radical (unpaired) electrons. The molecule has 1 aromatic rings. The van der Waals surface area contributed by atoms with Crippen molar-refractivity contribution in [2.75, 3.05) is 13.2 Å². The fraction of sp³-hybridized carbons (Fsp3) is 0.467. The number of benzene rings is 1. The molecule has 1 amide bonds. The van der Waals surface area contributed by atoms with E-state index in [4.69, 9.17) is 4.74 Å². The molecule has 1 aromatic carbocycles. The van der Waals surface area contributed by atoms with E-state index in [-0.39, 0.29) is 30.7 Å². The highest BCUT2D eigenvalue weighted by molar-refractivity contribution is 5.83. The summed E-state index contributed by atoms with van der Waals surface area (Å²) in [4.78, 5) is 25.2. The van der Waals surface area contributed by atoms with Crippen LogP contribution in [0.2, 0.25) is 0 Å². The number of rotatable bonds is 6. The summed E-state index contributed by atoms with van der Waals surface area (Å²) in [6.45, 7) is 5.67. The van der Waals surface area contributed by atoms with Crippen LogP contribution >= 0.6 is 0 Å². The second kappa shape index (κ2) is 7.53. The van der Waals surface area contributed by atoms with Gasteiger partial charge in [-0.25, -0.2) is 0 Å². The Kier molecular flexibility index (Phi) is 6.03. The van der Waals surface area contributed by atoms with Gasteiger partial charge in [0.05, 0.1) is 13.0 Å². The molecule has 5 heteroatoms. The maximum absolute atomic E-state index is 12.2. The number of carbonyl (C=O) groups is 2. The Hall–Kier alpha value is -2.04. The summed E-state index contributed by atoms with van der Waals surface area (Å²) in [5, 5.41) is 9.39. The topological polar surface area (TPSA) is 66.8 Å². The standard InChI is InChI=1S/C15H21NO4/c1-4-20-15(19)10-16(11(2)3)14(18)9-12-6-5-7-13(17)8-12/h5-8,11,17H,4,9-10H2,1-3H3. The lowest BCUT2D eigenvalue weighted by molar-refractivity contribution is -0.149. The van der Waals surface area contributed by atoms with Gasteiger partial charge < -0.3 is 14.7 Å². The highest BCUT2D eigenvalue weighted by Crippen LogP contribution is 2.13. The lowest BCUT2D eigenvalue weighted by Crippen LogP contribution is -2.42. The van der Waals surface area contributed by atoms with Crippen LogP contribution in [0, 0.1) is 0 Å². The summed E-state index contributed by atoms with van der Waals surface area (Å²) in [5.74, 6) is -0.457. The molecule has 1 rings (SSSR count). The number of carbonyl (C=O) groups excluding carboxylic acids is 2. The van der Waals surface area contributed by atoms with Gasteiger partial charge in [-0.3, -0.25) is 9.59 Å². The molecule has 0 aliphatic carbocycles. The Labute approximate surface area is 119 Å².